The van der Waals surface area contributed by atoms with E-state index in [9.17, 15) is 9.90 Å². The zero-order valence-corrected chi connectivity index (χ0v) is 16.2. The summed E-state index contributed by atoms with van der Waals surface area (Å²) in [5, 5.41) is 28.6. The Labute approximate surface area is 168 Å². The number of nitrogens with zero attached hydrogens (tertiary/aromatic N) is 4. The lowest BCUT2D eigenvalue weighted by atomic mass is 9.79. The first-order valence-corrected chi connectivity index (χ1v) is 9.68. The molecule has 3 aromatic rings. The van der Waals surface area contributed by atoms with Crippen LogP contribution in [0.2, 0.25) is 0 Å². The Morgan fingerprint density at radius 3 is 2.66 bits per heavy atom. The van der Waals surface area contributed by atoms with Gasteiger partial charge in [-0.05, 0) is 53.6 Å². The number of aliphatic hydroxyl groups excluding tert-OH is 1. The number of piperidine rings is 1. The minimum Gasteiger partial charge on any atom is -0.389 e. The number of rotatable bonds is 5. The van der Waals surface area contributed by atoms with Gasteiger partial charge in [-0.25, -0.2) is 0 Å². The normalized spacial score (nSPS) is 21.7. The average molecular weight is 392 g/mol. The first kappa shape index (κ1) is 19.2. The van der Waals surface area contributed by atoms with Gasteiger partial charge in [-0.15, -0.1) is 5.10 Å². The largest absolute Gasteiger partial charge is 0.389 e. The molecule has 1 aromatic heterocycles. The molecule has 29 heavy (non-hydrogen) atoms. The van der Waals surface area contributed by atoms with Crippen molar-refractivity contribution in [1.82, 2.24) is 30.8 Å². The van der Waals surface area contributed by atoms with Crippen LogP contribution in [0.5, 0.6) is 0 Å². The van der Waals surface area contributed by atoms with Gasteiger partial charge in [0, 0.05) is 6.54 Å². The van der Waals surface area contributed by atoms with Crippen LogP contribution in [-0.4, -0.2) is 50.4 Å². The van der Waals surface area contributed by atoms with Crippen molar-refractivity contribution in [2.45, 2.75) is 31.4 Å². The number of hydrogen-bond acceptors (Lipinski definition) is 6. The van der Waals surface area contributed by atoms with Gasteiger partial charge in [0.2, 0.25) is 5.91 Å². The van der Waals surface area contributed by atoms with E-state index in [2.05, 4.69) is 26.2 Å². The predicted octanol–water partition coefficient (Wildman–Crippen LogP) is 0.879. The number of aryl methyl sites for hydroxylation is 1. The second-order valence-corrected chi connectivity index (χ2v) is 7.34. The Hall–Kier alpha value is -3.10. The fourth-order valence-electron chi connectivity index (χ4n) is 3.86. The number of aromatic nitrogens is 4. The van der Waals surface area contributed by atoms with E-state index in [1.807, 2.05) is 61.5 Å². The minimum atomic E-state index is -0.785. The summed E-state index contributed by atoms with van der Waals surface area (Å²) >= 11 is 0. The third kappa shape index (κ3) is 3.90. The molecule has 0 radical (unpaired) electrons. The topological polar surface area (TPSA) is 105 Å². The van der Waals surface area contributed by atoms with Gasteiger partial charge in [0.05, 0.1) is 23.8 Å². The lowest BCUT2D eigenvalue weighted by Crippen LogP contribution is -2.61. The number of tetrazole rings is 1. The molecule has 4 rings (SSSR count). The van der Waals surface area contributed by atoms with E-state index in [1.165, 1.54) is 0 Å². The molecule has 3 N–H and O–H groups in total. The molecule has 1 amide bonds. The predicted molar refractivity (Wildman–Crippen MR) is 107 cm³/mol. The number of amides is 1. The molecule has 2 atom stereocenters. The molecule has 2 heterocycles. The van der Waals surface area contributed by atoms with Gasteiger partial charge < -0.3 is 15.7 Å². The lowest BCUT2D eigenvalue weighted by molar-refractivity contribution is -0.125. The third-order valence-corrected chi connectivity index (χ3v) is 5.43. The Balaban J connectivity index is 1.51. The van der Waals surface area contributed by atoms with Crippen LogP contribution in [0.1, 0.15) is 23.4 Å². The molecule has 0 unspecified atom stereocenters. The van der Waals surface area contributed by atoms with Gasteiger partial charge >= 0.3 is 0 Å². The van der Waals surface area contributed by atoms with Crippen molar-refractivity contribution in [3.63, 3.8) is 0 Å². The number of aliphatic hydroxyl groups is 1. The van der Waals surface area contributed by atoms with Crippen LogP contribution in [0, 0.1) is 6.92 Å². The number of carbonyl (C=O) groups is 1. The summed E-state index contributed by atoms with van der Waals surface area (Å²) in [5.41, 5.74) is 1.86. The summed E-state index contributed by atoms with van der Waals surface area (Å²) in [6, 6.07) is 17.3. The minimum absolute atomic E-state index is 0.124. The molecule has 0 saturated carbocycles. The van der Waals surface area contributed by atoms with Gasteiger partial charge in [-0.3, -0.25) is 4.79 Å². The highest BCUT2D eigenvalue weighted by molar-refractivity contribution is 5.79. The van der Waals surface area contributed by atoms with Crippen LogP contribution in [0.3, 0.4) is 0 Å². The molecule has 1 fully saturated rings. The summed E-state index contributed by atoms with van der Waals surface area (Å²) in [6.45, 7) is 3.00. The molecular formula is C21H24N6O2. The van der Waals surface area contributed by atoms with E-state index < -0.39 is 11.6 Å². The van der Waals surface area contributed by atoms with Gasteiger partial charge in [-0.2, -0.15) is 4.68 Å². The molecule has 0 aliphatic carbocycles. The summed E-state index contributed by atoms with van der Waals surface area (Å²) in [7, 11) is 0. The van der Waals surface area contributed by atoms with E-state index >= 15 is 0 Å². The van der Waals surface area contributed by atoms with E-state index in [0.717, 1.165) is 23.4 Å². The molecule has 0 bridgehead atoms. The highest BCUT2D eigenvalue weighted by atomic mass is 16.3. The molecule has 150 valence electrons. The molecule has 2 aromatic carbocycles. The van der Waals surface area contributed by atoms with Crippen LogP contribution in [0.25, 0.3) is 5.69 Å². The van der Waals surface area contributed by atoms with Crippen molar-refractivity contribution in [3.05, 3.63) is 71.5 Å². The van der Waals surface area contributed by atoms with E-state index in [-0.39, 0.29) is 12.3 Å². The number of carbonyl (C=O) groups excluding carboxylic acids is 1. The highest BCUT2D eigenvalue weighted by Gasteiger charge is 2.42. The van der Waals surface area contributed by atoms with Crippen LogP contribution >= 0.6 is 0 Å². The Kier molecular flexibility index (Phi) is 5.37. The summed E-state index contributed by atoms with van der Waals surface area (Å²) in [4.78, 5) is 12.9. The Morgan fingerprint density at radius 1 is 1.24 bits per heavy atom. The van der Waals surface area contributed by atoms with E-state index in [0.29, 0.717) is 18.8 Å². The fraction of sp³-hybridized carbons (Fsp3) is 0.333. The maximum Gasteiger partial charge on any atom is 0.225 e. The SMILES string of the molecule is Cc1nnnn1-c1ccc(CC(=O)N[C@]2(c3ccccc3)CCNC[C@H]2O)cc1. The fourth-order valence-corrected chi connectivity index (χ4v) is 3.86. The molecular weight excluding hydrogens is 368 g/mol. The first-order chi connectivity index (χ1) is 14.1. The first-order valence-electron chi connectivity index (χ1n) is 9.68. The highest BCUT2D eigenvalue weighted by Crippen LogP contribution is 2.31. The van der Waals surface area contributed by atoms with Crippen molar-refractivity contribution in [2.24, 2.45) is 0 Å². The standard InChI is InChI=1S/C21H24N6O2/c1-15-24-25-26-27(15)18-9-7-16(8-10-18)13-20(29)23-21(11-12-22-14-19(21)28)17-5-3-2-4-6-17/h2-10,19,22,28H,11-14H2,1H3,(H,23,29)/t19-,21+/m1/s1. The number of benzene rings is 2. The van der Waals surface area contributed by atoms with Crippen molar-refractivity contribution in [3.8, 4) is 5.69 Å². The molecule has 1 saturated heterocycles. The smallest absolute Gasteiger partial charge is 0.225 e. The summed E-state index contributed by atoms with van der Waals surface area (Å²) in [6.07, 6.45) is 0.151. The third-order valence-electron chi connectivity index (χ3n) is 5.43. The van der Waals surface area contributed by atoms with Crippen LogP contribution in [-0.2, 0) is 16.8 Å². The number of β-amino-alcohol motifs (C(OH)–C–C–N with tert-alkyl or cyclic N) is 1. The van der Waals surface area contributed by atoms with Gasteiger partial charge in [0.25, 0.3) is 0 Å². The second kappa shape index (κ2) is 8.10. The van der Waals surface area contributed by atoms with Crippen molar-refractivity contribution >= 4 is 5.91 Å². The molecule has 0 spiro atoms. The van der Waals surface area contributed by atoms with Gasteiger partial charge in [-0.1, -0.05) is 42.5 Å². The van der Waals surface area contributed by atoms with E-state index in [4.69, 9.17) is 0 Å². The molecule has 8 heteroatoms. The van der Waals surface area contributed by atoms with Crippen LogP contribution in [0.4, 0.5) is 0 Å². The monoisotopic (exact) mass is 392 g/mol. The summed E-state index contributed by atoms with van der Waals surface area (Å²) in [5.74, 6) is 0.571. The maximum atomic E-state index is 12.9. The Bertz CT molecular complexity index is 972. The Morgan fingerprint density at radius 2 is 2.00 bits per heavy atom. The van der Waals surface area contributed by atoms with Crippen molar-refractivity contribution in [2.75, 3.05) is 13.1 Å². The molecule has 1 aliphatic rings. The average Bonchev–Trinajstić information content (AvgIpc) is 3.17. The lowest BCUT2D eigenvalue weighted by Gasteiger charge is -2.43. The van der Waals surface area contributed by atoms with Gasteiger partial charge in [0.1, 0.15) is 0 Å². The second-order valence-electron chi connectivity index (χ2n) is 7.34. The van der Waals surface area contributed by atoms with Crippen molar-refractivity contribution in [1.29, 1.82) is 0 Å². The van der Waals surface area contributed by atoms with Crippen molar-refractivity contribution < 1.29 is 9.90 Å². The molecule has 1 aliphatic heterocycles. The number of nitrogens with one attached hydrogen (secondary N) is 2. The van der Waals surface area contributed by atoms with E-state index in [1.54, 1.807) is 4.68 Å². The quantitative estimate of drug-likeness (QED) is 0.595. The zero-order valence-electron chi connectivity index (χ0n) is 16.2. The van der Waals surface area contributed by atoms with Crippen LogP contribution < -0.4 is 10.6 Å². The van der Waals surface area contributed by atoms with Gasteiger partial charge in [0.15, 0.2) is 5.82 Å². The zero-order chi connectivity index (χ0) is 20.3. The molecule has 8 nitrogen and oxygen atoms in total. The maximum absolute atomic E-state index is 12.9. The summed E-state index contributed by atoms with van der Waals surface area (Å²) < 4.78 is 1.64. The van der Waals surface area contributed by atoms with Crippen LogP contribution in [0.15, 0.2) is 54.6 Å². The number of hydrogen-bond donors (Lipinski definition) is 3.